The molecule has 0 fully saturated rings. The monoisotopic (exact) mass is 282 g/mol. The number of rotatable bonds is 4. The van der Waals surface area contributed by atoms with Gasteiger partial charge in [-0.3, -0.25) is 9.59 Å². The number of hydrogen-bond acceptors (Lipinski definition) is 3. The Labute approximate surface area is 116 Å². The summed E-state index contributed by atoms with van der Waals surface area (Å²) >= 11 is 5.60. The van der Waals surface area contributed by atoms with Gasteiger partial charge in [0.15, 0.2) is 6.61 Å². The highest BCUT2D eigenvalue weighted by Gasteiger charge is 2.22. The molecule has 5 nitrogen and oxygen atoms in total. The molecule has 1 aromatic rings. The van der Waals surface area contributed by atoms with Gasteiger partial charge in [-0.1, -0.05) is 0 Å². The zero-order valence-electron chi connectivity index (χ0n) is 10.4. The number of anilines is 1. The van der Waals surface area contributed by atoms with Crippen LogP contribution in [0.15, 0.2) is 18.2 Å². The van der Waals surface area contributed by atoms with Gasteiger partial charge in [0, 0.05) is 12.2 Å². The lowest BCUT2D eigenvalue weighted by Gasteiger charge is -2.29. The number of benzene rings is 1. The SMILES string of the molecule is NC(=O)COc1ccc2c(c1)CCCN2C(=O)CCl. The first kappa shape index (κ1) is 13.7. The van der Waals surface area contributed by atoms with Gasteiger partial charge in [-0.25, -0.2) is 0 Å². The summed E-state index contributed by atoms with van der Waals surface area (Å²) in [7, 11) is 0. The van der Waals surface area contributed by atoms with Crippen LogP contribution in [0.3, 0.4) is 0 Å². The quantitative estimate of drug-likeness (QED) is 0.840. The number of amides is 2. The fourth-order valence-electron chi connectivity index (χ4n) is 2.15. The van der Waals surface area contributed by atoms with E-state index in [1.807, 2.05) is 12.1 Å². The number of aryl methyl sites for hydroxylation is 1. The molecule has 2 amide bonds. The Morgan fingerprint density at radius 2 is 2.21 bits per heavy atom. The number of ether oxygens (including phenoxy) is 1. The first-order valence-electron chi connectivity index (χ1n) is 6.02. The third-order valence-electron chi connectivity index (χ3n) is 2.97. The minimum absolute atomic E-state index is 0.0284. The molecule has 102 valence electrons. The highest BCUT2D eigenvalue weighted by atomic mass is 35.5. The smallest absolute Gasteiger partial charge is 0.255 e. The zero-order valence-corrected chi connectivity index (χ0v) is 11.2. The van der Waals surface area contributed by atoms with Gasteiger partial charge in [-0.2, -0.15) is 0 Å². The van der Waals surface area contributed by atoms with E-state index in [1.165, 1.54) is 0 Å². The first-order chi connectivity index (χ1) is 9.11. The second-order valence-electron chi connectivity index (χ2n) is 4.33. The molecule has 1 aliphatic heterocycles. The van der Waals surface area contributed by atoms with E-state index in [2.05, 4.69) is 0 Å². The van der Waals surface area contributed by atoms with E-state index in [-0.39, 0.29) is 18.4 Å². The van der Waals surface area contributed by atoms with E-state index in [1.54, 1.807) is 11.0 Å². The molecule has 1 aliphatic rings. The molecule has 6 heteroatoms. The van der Waals surface area contributed by atoms with Crippen LogP contribution in [-0.2, 0) is 16.0 Å². The fourth-order valence-corrected chi connectivity index (χ4v) is 2.29. The number of carbonyl (C=O) groups excluding carboxylic acids is 2. The molecule has 1 heterocycles. The summed E-state index contributed by atoms with van der Waals surface area (Å²) < 4.78 is 5.25. The van der Waals surface area contributed by atoms with Crippen molar-refractivity contribution in [3.05, 3.63) is 23.8 Å². The maximum atomic E-state index is 11.7. The Kier molecular flexibility index (Phi) is 4.27. The van der Waals surface area contributed by atoms with E-state index in [0.29, 0.717) is 12.3 Å². The summed E-state index contributed by atoms with van der Waals surface area (Å²) in [5.41, 5.74) is 6.91. The fraction of sp³-hybridized carbons (Fsp3) is 0.385. The molecule has 0 radical (unpaired) electrons. The summed E-state index contributed by atoms with van der Waals surface area (Å²) in [6, 6.07) is 5.38. The van der Waals surface area contributed by atoms with Crippen molar-refractivity contribution in [3.63, 3.8) is 0 Å². The van der Waals surface area contributed by atoms with Crippen LogP contribution in [0.25, 0.3) is 0 Å². The number of fused-ring (bicyclic) bond motifs is 1. The van der Waals surface area contributed by atoms with Crippen LogP contribution < -0.4 is 15.4 Å². The number of carbonyl (C=O) groups is 2. The predicted octanol–water partition coefficient (Wildman–Crippen LogP) is 1.07. The van der Waals surface area contributed by atoms with Gasteiger partial charge >= 0.3 is 0 Å². The van der Waals surface area contributed by atoms with Crippen molar-refractivity contribution in [1.82, 2.24) is 0 Å². The van der Waals surface area contributed by atoms with Crippen LogP contribution in [-0.4, -0.2) is 30.8 Å². The molecule has 0 bridgehead atoms. The van der Waals surface area contributed by atoms with Crippen LogP contribution in [0.5, 0.6) is 5.75 Å². The Bertz CT molecular complexity index is 505. The van der Waals surface area contributed by atoms with Crippen molar-refractivity contribution in [2.45, 2.75) is 12.8 Å². The van der Waals surface area contributed by atoms with Crippen LogP contribution >= 0.6 is 11.6 Å². The van der Waals surface area contributed by atoms with E-state index in [0.717, 1.165) is 24.1 Å². The summed E-state index contributed by atoms with van der Waals surface area (Å²) in [6.45, 7) is 0.531. The third kappa shape index (κ3) is 3.17. The van der Waals surface area contributed by atoms with Gasteiger partial charge in [0.25, 0.3) is 5.91 Å². The number of hydrogen-bond donors (Lipinski definition) is 1. The molecule has 19 heavy (non-hydrogen) atoms. The van der Waals surface area contributed by atoms with Crippen molar-refractivity contribution in [3.8, 4) is 5.75 Å². The van der Waals surface area contributed by atoms with Crippen molar-refractivity contribution >= 4 is 29.1 Å². The second kappa shape index (κ2) is 5.93. The largest absolute Gasteiger partial charge is 0.484 e. The number of primary amides is 1. The lowest BCUT2D eigenvalue weighted by molar-refractivity contribution is -0.120. The van der Waals surface area contributed by atoms with Gasteiger partial charge < -0.3 is 15.4 Å². The summed E-state index contributed by atoms with van der Waals surface area (Å²) in [5.74, 6) is -0.0675. The van der Waals surface area contributed by atoms with E-state index < -0.39 is 5.91 Å². The molecule has 0 atom stereocenters. The van der Waals surface area contributed by atoms with Crippen LogP contribution in [0.2, 0.25) is 0 Å². The molecular weight excluding hydrogens is 268 g/mol. The maximum Gasteiger partial charge on any atom is 0.255 e. The van der Waals surface area contributed by atoms with E-state index in [4.69, 9.17) is 22.1 Å². The minimum atomic E-state index is -0.517. The molecular formula is C13H15ClN2O3. The van der Waals surface area contributed by atoms with Crippen LogP contribution in [0.4, 0.5) is 5.69 Å². The summed E-state index contributed by atoms with van der Waals surface area (Å²) in [6.07, 6.45) is 1.75. The molecule has 0 spiro atoms. The molecule has 0 unspecified atom stereocenters. The van der Waals surface area contributed by atoms with Gasteiger partial charge in [0.2, 0.25) is 5.91 Å². The Morgan fingerprint density at radius 1 is 1.42 bits per heavy atom. The Hall–Kier alpha value is -1.75. The molecule has 1 aromatic carbocycles. The average Bonchev–Trinajstić information content (AvgIpc) is 2.43. The number of alkyl halides is 1. The van der Waals surface area contributed by atoms with Crippen molar-refractivity contribution in [2.24, 2.45) is 5.73 Å². The lowest BCUT2D eigenvalue weighted by Crippen LogP contribution is -2.36. The molecule has 2 N–H and O–H groups in total. The minimum Gasteiger partial charge on any atom is -0.484 e. The van der Waals surface area contributed by atoms with Crippen LogP contribution in [0, 0.1) is 0 Å². The second-order valence-corrected chi connectivity index (χ2v) is 4.60. The highest BCUT2D eigenvalue weighted by Crippen LogP contribution is 2.30. The third-order valence-corrected chi connectivity index (χ3v) is 3.19. The summed E-state index contributed by atoms with van der Waals surface area (Å²) in [4.78, 5) is 24.1. The van der Waals surface area contributed by atoms with Crippen molar-refractivity contribution in [2.75, 3.05) is 23.9 Å². The average molecular weight is 283 g/mol. The molecule has 2 rings (SSSR count). The number of nitrogens with zero attached hydrogens (tertiary/aromatic N) is 1. The lowest BCUT2D eigenvalue weighted by atomic mass is 10.0. The Balaban J connectivity index is 2.20. The zero-order chi connectivity index (χ0) is 13.8. The van der Waals surface area contributed by atoms with Gasteiger partial charge in [-0.05, 0) is 36.6 Å². The van der Waals surface area contributed by atoms with Crippen molar-refractivity contribution in [1.29, 1.82) is 0 Å². The van der Waals surface area contributed by atoms with Gasteiger partial charge in [0.1, 0.15) is 11.6 Å². The standard InChI is InChI=1S/C13H15ClN2O3/c14-7-13(18)16-5-1-2-9-6-10(3-4-11(9)16)19-8-12(15)17/h3-4,6H,1-2,5,7-8H2,(H2,15,17). The first-order valence-corrected chi connectivity index (χ1v) is 6.55. The Morgan fingerprint density at radius 3 is 2.89 bits per heavy atom. The number of nitrogens with two attached hydrogens (primary N) is 1. The summed E-state index contributed by atoms with van der Waals surface area (Å²) in [5, 5.41) is 0. The molecule has 0 aromatic heterocycles. The normalized spacial score (nSPS) is 13.8. The van der Waals surface area contributed by atoms with E-state index >= 15 is 0 Å². The van der Waals surface area contributed by atoms with Crippen LogP contribution in [0.1, 0.15) is 12.0 Å². The van der Waals surface area contributed by atoms with E-state index in [9.17, 15) is 9.59 Å². The molecule has 0 aliphatic carbocycles. The van der Waals surface area contributed by atoms with Gasteiger partial charge in [0.05, 0.1) is 0 Å². The highest BCUT2D eigenvalue weighted by molar-refractivity contribution is 6.29. The molecule has 0 saturated carbocycles. The topological polar surface area (TPSA) is 72.6 Å². The van der Waals surface area contributed by atoms with Crippen molar-refractivity contribution < 1.29 is 14.3 Å². The van der Waals surface area contributed by atoms with Gasteiger partial charge in [-0.15, -0.1) is 11.6 Å². The number of halogens is 1. The molecule has 0 saturated heterocycles. The maximum absolute atomic E-state index is 11.7. The predicted molar refractivity (Wildman–Crippen MR) is 72.5 cm³/mol.